The van der Waals surface area contributed by atoms with Crippen LogP contribution in [0.5, 0.6) is 0 Å². The number of hydrogen-bond donors (Lipinski definition) is 1. The van der Waals surface area contributed by atoms with Gasteiger partial charge in [0.1, 0.15) is 6.61 Å². The Hall–Kier alpha value is -1.30. The number of likely N-dealkylation sites (tertiary alicyclic amines) is 1. The summed E-state index contributed by atoms with van der Waals surface area (Å²) in [6, 6.07) is 8.32. The zero-order valence-electron chi connectivity index (χ0n) is 11.9. The van der Waals surface area contributed by atoms with E-state index >= 15 is 0 Å². The van der Waals surface area contributed by atoms with E-state index in [0.29, 0.717) is 5.41 Å². The molecule has 0 bridgehead atoms. The number of rotatable bonds is 2. The molecule has 0 amide bonds. The Morgan fingerprint density at radius 2 is 2.00 bits per heavy atom. The van der Waals surface area contributed by atoms with E-state index in [1.54, 1.807) is 0 Å². The van der Waals surface area contributed by atoms with Crippen LogP contribution in [0.1, 0.15) is 37.8 Å². The minimum Gasteiger partial charge on any atom is -0.384 e. The highest BCUT2D eigenvalue weighted by molar-refractivity contribution is 5.37. The lowest BCUT2D eigenvalue weighted by Gasteiger charge is -2.36. The van der Waals surface area contributed by atoms with Crippen LogP contribution in [0.25, 0.3) is 0 Å². The second kappa shape index (κ2) is 6.23. The van der Waals surface area contributed by atoms with Crippen molar-refractivity contribution in [3.63, 3.8) is 0 Å². The van der Waals surface area contributed by atoms with Crippen LogP contribution in [0.4, 0.5) is 0 Å². The molecular formula is C17H23NO. The van der Waals surface area contributed by atoms with Gasteiger partial charge >= 0.3 is 0 Å². The molecule has 0 saturated carbocycles. The third-order valence-electron chi connectivity index (χ3n) is 3.85. The highest BCUT2D eigenvalue weighted by atomic mass is 16.2. The molecule has 0 spiro atoms. The summed E-state index contributed by atoms with van der Waals surface area (Å²) in [5, 5.41) is 8.73. The van der Waals surface area contributed by atoms with Gasteiger partial charge in [-0.05, 0) is 49.0 Å². The molecule has 19 heavy (non-hydrogen) atoms. The summed E-state index contributed by atoms with van der Waals surface area (Å²) >= 11 is 0. The Kier molecular flexibility index (Phi) is 4.63. The Balaban J connectivity index is 1.96. The van der Waals surface area contributed by atoms with Gasteiger partial charge in [-0.25, -0.2) is 0 Å². The molecule has 2 heteroatoms. The lowest BCUT2D eigenvalue weighted by Crippen LogP contribution is -2.36. The van der Waals surface area contributed by atoms with E-state index in [1.807, 2.05) is 12.1 Å². The van der Waals surface area contributed by atoms with Gasteiger partial charge in [0.15, 0.2) is 0 Å². The standard InChI is InChI=1S/C17H23NO/c1-17(2)8-10-18(11-9-17)14-16-6-3-5-15(13-16)7-4-12-19/h3,5-6,13,19H,8-12,14H2,1-2H3. The van der Waals surface area contributed by atoms with E-state index in [4.69, 9.17) is 5.11 Å². The first-order valence-corrected chi connectivity index (χ1v) is 7.00. The second-order valence-electron chi connectivity index (χ2n) is 6.10. The molecule has 1 aromatic rings. The second-order valence-corrected chi connectivity index (χ2v) is 6.10. The molecule has 0 unspecified atom stereocenters. The Labute approximate surface area is 116 Å². The van der Waals surface area contributed by atoms with Gasteiger partial charge in [0.05, 0.1) is 0 Å². The van der Waals surface area contributed by atoms with Crippen LogP contribution in [0.3, 0.4) is 0 Å². The monoisotopic (exact) mass is 257 g/mol. The smallest absolute Gasteiger partial charge is 0.104 e. The van der Waals surface area contributed by atoms with Gasteiger partial charge in [-0.2, -0.15) is 0 Å². The Morgan fingerprint density at radius 1 is 1.26 bits per heavy atom. The predicted molar refractivity (Wildman–Crippen MR) is 78.7 cm³/mol. The van der Waals surface area contributed by atoms with Crippen molar-refractivity contribution >= 4 is 0 Å². The number of piperidine rings is 1. The largest absolute Gasteiger partial charge is 0.384 e. The minimum absolute atomic E-state index is 0.0779. The molecule has 102 valence electrons. The maximum atomic E-state index is 8.73. The molecule has 1 fully saturated rings. The van der Waals surface area contributed by atoms with Gasteiger partial charge in [-0.15, -0.1) is 0 Å². The summed E-state index contributed by atoms with van der Waals surface area (Å²) < 4.78 is 0. The Bertz CT molecular complexity index is 472. The summed E-state index contributed by atoms with van der Waals surface area (Å²) in [5.41, 5.74) is 2.80. The fourth-order valence-corrected chi connectivity index (χ4v) is 2.46. The normalized spacial score (nSPS) is 18.7. The molecule has 2 nitrogen and oxygen atoms in total. The van der Waals surface area contributed by atoms with E-state index in [-0.39, 0.29) is 6.61 Å². The summed E-state index contributed by atoms with van der Waals surface area (Å²) in [5.74, 6) is 5.66. The summed E-state index contributed by atoms with van der Waals surface area (Å²) in [6.07, 6.45) is 2.55. The molecule has 1 aromatic carbocycles. The third-order valence-corrected chi connectivity index (χ3v) is 3.85. The van der Waals surface area contributed by atoms with Crippen molar-refractivity contribution in [2.75, 3.05) is 19.7 Å². The lowest BCUT2D eigenvalue weighted by atomic mass is 9.82. The van der Waals surface area contributed by atoms with E-state index in [0.717, 1.165) is 12.1 Å². The van der Waals surface area contributed by atoms with Crippen LogP contribution < -0.4 is 0 Å². The number of benzene rings is 1. The van der Waals surface area contributed by atoms with Crippen molar-refractivity contribution in [3.05, 3.63) is 35.4 Å². The Morgan fingerprint density at radius 3 is 2.68 bits per heavy atom. The zero-order chi connectivity index (χ0) is 13.7. The van der Waals surface area contributed by atoms with Gasteiger partial charge in [0, 0.05) is 12.1 Å². The molecule has 1 saturated heterocycles. The summed E-state index contributed by atoms with van der Waals surface area (Å²) in [7, 11) is 0. The van der Waals surface area contributed by atoms with Crippen LogP contribution >= 0.6 is 0 Å². The topological polar surface area (TPSA) is 23.5 Å². The minimum atomic E-state index is -0.0779. The molecule has 0 aliphatic carbocycles. The molecule has 0 radical (unpaired) electrons. The highest BCUT2D eigenvalue weighted by Crippen LogP contribution is 2.30. The van der Waals surface area contributed by atoms with Crippen molar-refractivity contribution in [1.29, 1.82) is 0 Å². The van der Waals surface area contributed by atoms with Crippen LogP contribution in [0.2, 0.25) is 0 Å². The van der Waals surface area contributed by atoms with Crippen molar-refractivity contribution in [3.8, 4) is 11.8 Å². The van der Waals surface area contributed by atoms with Crippen LogP contribution in [-0.4, -0.2) is 29.7 Å². The van der Waals surface area contributed by atoms with E-state index < -0.39 is 0 Å². The molecular weight excluding hydrogens is 234 g/mol. The number of hydrogen-bond acceptors (Lipinski definition) is 2. The van der Waals surface area contributed by atoms with E-state index in [2.05, 4.69) is 42.7 Å². The first-order chi connectivity index (χ1) is 9.09. The quantitative estimate of drug-likeness (QED) is 0.823. The number of nitrogens with zero attached hydrogens (tertiary/aromatic N) is 1. The van der Waals surface area contributed by atoms with Gasteiger partial charge in [0.2, 0.25) is 0 Å². The fraction of sp³-hybridized carbons (Fsp3) is 0.529. The molecule has 1 aliphatic rings. The van der Waals surface area contributed by atoms with Crippen LogP contribution in [0, 0.1) is 17.3 Å². The van der Waals surface area contributed by atoms with E-state index in [1.165, 1.54) is 31.5 Å². The molecule has 1 heterocycles. The molecule has 2 rings (SSSR count). The van der Waals surface area contributed by atoms with Crippen molar-refractivity contribution in [2.24, 2.45) is 5.41 Å². The molecule has 1 N–H and O–H groups in total. The maximum Gasteiger partial charge on any atom is 0.104 e. The van der Waals surface area contributed by atoms with Gasteiger partial charge < -0.3 is 5.11 Å². The number of aliphatic hydroxyl groups excluding tert-OH is 1. The highest BCUT2D eigenvalue weighted by Gasteiger charge is 2.24. The summed E-state index contributed by atoms with van der Waals surface area (Å²) in [6.45, 7) is 8.00. The lowest BCUT2D eigenvalue weighted by molar-refractivity contribution is 0.127. The van der Waals surface area contributed by atoms with Gasteiger partial charge in [-0.3, -0.25) is 4.90 Å². The fourth-order valence-electron chi connectivity index (χ4n) is 2.46. The third kappa shape index (κ3) is 4.38. The SMILES string of the molecule is CC1(C)CCN(Cc2cccc(C#CCO)c2)CC1. The number of aliphatic hydroxyl groups is 1. The predicted octanol–water partition coefficient (Wildman–Crippen LogP) is 2.65. The van der Waals surface area contributed by atoms with Crippen molar-refractivity contribution < 1.29 is 5.11 Å². The first-order valence-electron chi connectivity index (χ1n) is 7.00. The molecule has 1 aliphatic heterocycles. The summed E-state index contributed by atoms with van der Waals surface area (Å²) in [4.78, 5) is 2.52. The average molecular weight is 257 g/mol. The zero-order valence-corrected chi connectivity index (χ0v) is 11.9. The van der Waals surface area contributed by atoms with Crippen molar-refractivity contribution in [1.82, 2.24) is 4.90 Å². The molecule has 0 aromatic heterocycles. The van der Waals surface area contributed by atoms with Gasteiger partial charge in [0.25, 0.3) is 0 Å². The average Bonchev–Trinajstić information content (AvgIpc) is 2.39. The maximum absolute atomic E-state index is 8.73. The van der Waals surface area contributed by atoms with Crippen LogP contribution in [-0.2, 0) is 6.54 Å². The van der Waals surface area contributed by atoms with E-state index in [9.17, 15) is 0 Å². The first kappa shape index (κ1) is 14.1. The van der Waals surface area contributed by atoms with Crippen molar-refractivity contribution in [2.45, 2.75) is 33.2 Å². The van der Waals surface area contributed by atoms with Crippen LogP contribution in [0.15, 0.2) is 24.3 Å². The molecule has 0 atom stereocenters. The van der Waals surface area contributed by atoms with Gasteiger partial charge in [-0.1, -0.05) is 37.8 Å².